The van der Waals surface area contributed by atoms with Crippen LogP contribution in [0.4, 0.5) is 5.69 Å². The summed E-state index contributed by atoms with van der Waals surface area (Å²) in [6, 6.07) is 17.0. The van der Waals surface area contributed by atoms with E-state index in [1.807, 2.05) is 54.1 Å². The zero-order valence-electron chi connectivity index (χ0n) is 17.8. The van der Waals surface area contributed by atoms with E-state index >= 15 is 0 Å². The van der Waals surface area contributed by atoms with E-state index in [9.17, 15) is 9.59 Å². The third kappa shape index (κ3) is 4.17. The number of ether oxygens (including phenoxy) is 1. The number of carbonyl (C=O) groups is 2. The Morgan fingerprint density at radius 1 is 1.10 bits per heavy atom. The first kappa shape index (κ1) is 20.7. The maximum Gasteiger partial charge on any atom is 0.275 e. The Labute approximate surface area is 181 Å². The average molecular weight is 418 g/mol. The van der Waals surface area contributed by atoms with Crippen molar-refractivity contribution in [3.05, 3.63) is 71.5 Å². The number of hydrogen-bond acceptors (Lipinski definition) is 4. The first-order valence-corrected chi connectivity index (χ1v) is 10.5. The van der Waals surface area contributed by atoms with Crippen molar-refractivity contribution in [3.8, 4) is 11.4 Å². The second-order valence-electron chi connectivity index (χ2n) is 7.44. The lowest BCUT2D eigenvalue weighted by Gasteiger charge is -2.20. The number of benzene rings is 2. The van der Waals surface area contributed by atoms with Crippen molar-refractivity contribution in [2.24, 2.45) is 0 Å². The zero-order valence-corrected chi connectivity index (χ0v) is 17.8. The maximum absolute atomic E-state index is 13.3. The molecule has 1 aromatic heterocycles. The molecule has 1 heterocycles. The Kier molecular flexibility index (Phi) is 6.02. The summed E-state index contributed by atoms with van der Waals surface area (Å²) in [7, 11) is 1.55. The van der Waals surface area contributed by atoms with E-state index in [-0.39, 0.29) is 18.4 Å². The molecule has 31 heavy (non-hydrogen) atoms. The summed E-state index contributed by atoms with van der Waals surface area (Å²) in [5.41, 5.74) is 4.05. The quantitative estimate of drug-likeness (QED) is 0.637. The summed E-state index contributed by atoms with van der Waals surface area (Å²) in [6.45, 7) is 2.22. The lowest BCUT2D eigenvalue weighted by molar-refractivity contribution is -0.116. The largest absolute Gasteiger partial charge is 0.495 e. The van der Waals surface area contributed by atoms with Gasteiger partial charge in [-0.25, -0.2) is 4.68 Å². The van der Waals surface area contributed by atoms with E-state index < -0.39 is 0 Å². The third-order valence-electron chi connectivity index (χ3n) is 5.52. The van der Waals surface area contributed by atoms with Crippen LogP contribution in [-0.2, 0) is 17.6 Å². The SMILES string of the molecule is CCN(CC(=O)Nc1ccccc1OC)C(=O)c1nn(-c2ccccc2)c2c1CCC2. The van der Waals surface area contributed by atoms with E-state index in [0.717, 1.165) is 36.2 Å². The van der Waals surface area contributed by atoms with Gasteiger partial charge in [-0.05, 0) is 50.5 Å². The molecule has 0 bridgehead atoms. The van der Waals surface area contributed by atoms with Crippen molar-refractivity contribution in [1.29, 1.82) is 0 Å². The highest BCUT2D eigenvalue weighted by Gasteiger charge is 2.30. The molecule has 0 saturated carbocycles. The standard InChI is InChI=1S/C24H26N4O3/c1-3-27(16-22(29)25-19-13-7-8-15-21(19)31-2)24(30)23-18-12-9-14-20(18)28(26-23)17-10-5-4-6-11-17/h4-8,10-11,13,15H,3,9,12,14,16H2,1-2H3,(H,25,29). The molecule has 160 valence electrons. The molecule has 1 aliphatic rings. The van der Waals surface area contributed by atoms with Gasteiger partial charge in [0.05, 0.1) is 18.5 Å². The van der Waals surface area contributed by atoms with Gasteiger partial charge in [-0.1, -0.05) is 30.3 Å². The minimum absolute atomic E-state index is 0.0552. The fraction of sp³-hybridized carbons (Fsp3) is 0.292. The smallest absolute Gasteiger partial charge is 0.275 e. The van der Waals surface area contributed by atoms with E-state index in [2.05, 4.69) is 10.4 Å². The van der Waals surface area contributed by atoms with E-state index in [4.69, 9.17) is 4.74 Å². The first-order chi connectivity index (χ1) is 15.1. The molecule has 0 aliphatic heterocycles. The number of nitrogens with one attached hydrogen (secondary N) is 1. The average Bonchev–Trinajstić information content (AvgIpc) is 3.41. The maximum atomic E-state index is 13.3. The molecule has 3 aromatic rings. The van der Waals surface area contributed by atoms with Gasteiger partial charge in [-0.3, -0.25) is 9.59 Å². The van der Waals surface area contributed by atoms with Crippen molar-refractivity contribution in [3.63, 3.8) is 0 Å². The van der Waals surface area contributed by atoms with Crippen molar-refractivity contribution in [1.82, 2.24) is 14.7 Å². The Morgan fingerprint density at radius 2 is 1.84 bits per heavy atom. The minimum Gasteiger partial charge on any atom is -0.495 e. The van der Waals surface area contributed by atoms with Crippen LogP contribution in [0.1, 0.15) is 35.1 Å². The first-order valence-electron chi connectivity index (χ1n) is 10.5. The van der Waals surface area contributed by atoms with Crippen molar-refractivity contribution >= 4 is 17.5 Å². The molecule has 1 N–H and O–H groups in total. The van der Waals surface area contributed by atoms with Gasteiger partial charge in [-0.15, -0.1) is 0 Å². The van der Waals surface area contributed by atoms with Gasteiger partial charge in [-0.2, -0.15) is 5.10 Å². The number of carbonyl (C=O) groups excluding carboxylic acids is 2. The fourth-order valence-corrected chi connectivity index (χ4v) is 3.98. The number of nitrogens with zero attached hydrogens (tertiary/aromatic N) is 3. The summed E-state index contributed by atoms with van der Waals surface area (Å²) >= 11 is 0. The number of anilines is 1. The van der Waals surface area contributed by atoms with Crippen LogP contribution in [0.25, 0.3) is 5.69 Å². The van der Waals surface area contributed by atoms with Crippen LogP contribution in [0.15, 0.2) is 54.6 Å². The van der Waals surface area contributed by atoms with E-state index in [0.29, 0.717) is 23.7 Å². The van der Waals surface area contributed by atoms with Crippen LogP contribution in [0.5, 0.6) is 5.75 Å². The lowest BCUT2D eigenvalue weighted by Crippen LogP contribution is -2.38. The van der Waals surface area contributed by atoms with Gasteiger partial charge >= 0.3 is 0 Å². The number of amides is 2. The lowest BCUT2D eigenvalue weighted by atomic mass is 10.2. The van der Waals surface area contributed by atoms with Crippen molar-refractivity contribution in [2.75, 3.05) is 25.5 Å². The van der Waals surface area contributed by atoms with Gasteiger partial charge in [0.1, 0.15) is 12.3 Å². The Morgan fingerprint density at radius 3 is 2.58 bits per heavy atom. The topological polar surface area (TPSA) is 76.5 Å². The highest BCUT2D eigenvalue weighted by atomic mass is 16.5. The summed E-state index contributed by atoms with van der Waals surface area (Å²) in [5.74, 6) is 0.0778. The monoisotopic (exact) mass is 418 g/mol. The summed E-state index contributed by atoms with van der Waals surface area (Å²) < 4.78 is 7.15. The number of methoxy groups -OCH3 is 1. The van der Waals surface area contributed by atoms with Gasteiger partial charge < -0.3 is 15.0 Å². The van der Waals surface area contributed by atoms with E-state index in [1.165, 1.54) is 4.90 Å². The highest BCUT2D eigenvalue weighted by molar-refractivity contribution is 5.99. The van der Waals surface area contributed by atoms with Gasteiger partial charge in [0.15, 0.2) is 5.69 Å². The molecule has 0 unspecified atom stereocenters. The molecular weight excluding hydrogens is 392 g/mol. The Balaban J connectivity index is 1.55. The van der Waals surface area contributed by atoms with Crippen LogP contribution in [-0.4, -0.2) is 46.7 Å². The second kappa shape index (κ2) is 9.04. The zero-order chi connectivity index (χ0) is 21.8. The predicted octanol–water partition coefficient (Wildman–Crippen LogP) is 3.47. The third-order valence-corrected chi connectivity index (χ3v) is 5.52. The second-order valence-corrected chi connectivity index (χ2v) is 7.44. The number of rotatable bonds is 7. The molecule has 0 spiro atoms. The summed E-state index contributed by atoms with van der Waals surface area (Å²) in [4.78, 5) is 27.5. The van der Waals surface area contributed by atoms with Crippen molar-refractivity contribution in [2.45, 2.75) is 26.2 Å². The normalized spacial score (nSPS) is 12.3. The Bertz CT molecular complexity index is 1090. The summed E-state index contributed by atoms with van der Waals surface area (Å²) in [6.07, 6.45) is 2.72. The fourth-order valence-electron chi connectivity index (χ4n) is 3.98. The molecule has 4 rings (SSSR count). The number of para-hydroxylation sites is 3. The van der Waals surface area contributed by atoms with Crippen LogP contribution in [0.2, 0.25) is 0 Å². The Hall–Kier alpha value is -3.61. The molecular formula is C24H26N4O3. The van der Waals surface area contributed by atoms with Gasteiger partial charge in [0.25, 0.3) is 5.91 Å². The molecule has 0 atom stereocenters. The highest BCUT2D eigenvalue weighted by Crippen LogP contribution is 2.28. The molecule has 0 saturated heterocycles. The number of fused-ring (bicyclic) bond motifs is 1. The molecule has 2 aromatic carbocycles. The molecule has 0 fully saturated rings. The van der Waals surface area contributed by atoms with Crippen LogP contribution in [0.3, 0.4) is 0 Å². The molecule has 7 nitrogen and oxygen atoms in total. The molecule has 7 heteroatoms. The summed E-state index contributed by atoms with van der Waals surface area (Å²) in [5, 5.41) is 7.50. The van der Waals surface area contributed by atoms with Crippen LogP contribution in [0, 0.1) is 0 Å². The molecule has 0 radical (unpaired) electrons. The minimum atomic E-state index is -0.279. The van der Waals surface area contributed by atoms with Gasteiger partial charge in [0, 0.05) is 17.8 Å². The van der Waals surface area contributed by atoms with Crippen LogP contribution < -0.4 is 10.1 Å². The van der Waals surface area contributed by atoms with Crippen LogP contribution >= 0.6 is 0 Å². The molecule has 2 amide bonds. The number of hydrogen-bond donors (Lipinski definition) is 1. The predicted molar refractivity (Wildman–Crippen MR) is 119 cm³/mol. The van der Waals surface area contributed by atoms with E-state index in [1.54, 1.807) is 19.2 Å². The number of aromatic nitrogens is 2. The van der Waals surface area contributed by atoms with Gasteiger partial charge in [0.2, 0.25) is 5.91 Å². The molecule has 1 aliphatic carbocycles. The van der Waals surface area contributed by atoms with Crippen molar-refractivity contribution < 1.29 is 14.3 Å². The number of likely N-dealkylation sites (N-methyl/N-ethyl adjacent to an activating group) is 1.